The Kier molecular flexibility index (Phi) is 7.20. The van der Waals surface area contributed by atoms with E-state index in [4.69, 9.17) is 13.9 Å². The maximum absolute atomic E-state index is 13.9. The predicted octanol–water partition coefficient (Wildman–Crippen LogP) is 5.62. The van der Waals surface area contributed by atoms with Gasteiger partial charge in [0.1, 0.15) is 23.8 Å². The maximum atomic E-state index is 13.9. The molecule has 0 aliphatic heterocycles. The van der Waals surface area contributed by atoms with E-state index in [-0.39, 0.29) is 39.8 Å². The van der Waals surface area contributed by atoms with E-state index in [0.717, 1.165) is 28.7 Å². The minimum Gasteiger partial charge on any atom is -0.497 e. The van der Waals surface area contributed by atoms with Gasteiger partial charge in [-0.1, -0.05) is 30.0 Å². The zero-order valence-electron chi connectivity index (χ0n) is 20.7. The molecule has 0 unspecified atom stereocenters. The molecule has 5 rings (SSSR count). The largest absolute Gasteiger partial charge is 0.497 e. The number of hydrogen-bond acceptors (Lipinski definition) is 8. The van der Waals surface area contributed by atoms with E-state index < -0.39 is 11.2 Å². The third kappa shape index (κ3) is 5.41. The monoisotopic (exact) mass is 546 g/mol. The Balaban J connectivity index is 1.32. The molecule has 39 heavy (non-hydrogen) atoms. The second kappa shape index (κ2) is 10.9. The van der Waals surface area contributed by atoms with Gasteiger partial charge < -0.3 is 24.3 Å². The number of halogens is 1. The molecule has 0 aliphatic carbocycles. The molecule has 0 radical (unpaired) electrons. The molecule has 5 aromatic rings. The van der Waals surface area contributed by atoms with Gasteiger partial charge in [-0.2, -0.15) is 0 Å². The number of aromatic hydroxyl groups is 1. The molecule has 0 fully saturated rings. The van der Waals surface area contributed by atoms with Crippen molar-refractivity contribution in [3.8, 4) is 28.7 Å². The van der Waals surface area contributed by atoms with Gasteiger partial charge in [-0.15, -0.1) is 0 Å². The summed E-state index contributed by atoms with van der Waals surface area (Å²) < 4.78 is 31.0. The fourth-order valence-electron chi connectivity index (χ4n) is 4.01. The summed E-state index contributed by atoms with van der Waals surface area (Å²) in [5.74, 6) is 0.110. The van der Waals surface area contributed by atoms with Gasteiger partial charge in [0.25, 0.3) is 0 Å². The molecule has 0 saturated heterocycles. The number of H-pyrrole nitrogens is 1. The lowest BCUT2D eigenvalue weighted by Crippen LogP contribution is -2.16. The maximum Gasteiger partial charge on any atom is 0.307 e. The SMILES string of the molecule is C=C(c1ccc(NCCOc2c(-c3ccc(OC)cc3)oc3ccc(F)cc3c2=O)cc1)c1sc(=O)[nH]c1O. The molecule has 8 nitrogen and oxygen atoms in total. The van der Waals surface area contributed by atoms with Crippen LogP contribution in [-0.4, -0.2) is 30.4 Å². The molecule has 2 heterocycles. The van der Waals surface area contributed by atoms with E-state index in [1.165, 1.54) is 12.1 Å². The first-order valence-electron chi connectivity index (χ1n) is 11.8. The summed E-state index contributed by atoms with van der Waals surface area (Å²) in [6, 6.07) is 18.0. The Hall–Kier alpha value is -4.83. The van der Waals surface area contributed by atoms with Gasteiger partial charge in [-0.3, -0.25) is 14.6 Å². The third-order valence-electron chi connectivity index (χ3n) is 5.98. The third-order valence-corrected chi connectivity index (χ3v) is 6.91. The predicted molar refractivity (Wildman–Crippen MR) is 150 cm³/mol. The summed E-state index contributed by atoms with van der Waals surface area (Å²) in [5, 5.41) is 13.2. The van der Waals surface area contributed by atoms with Gasteiger partial charge in [-0.25, -0.2) is 4.39 Å². The van der Waals surface area contributed by atoms with Gasteiger partial charge >= 0.3 is 4.87 Å². The topological polar surface area (TPSA) is 114 Å². The van der Waals surface area contributed by atoms with Crippen LogP contribution in [0.15, 0.2) is 87.3 Å². The number of aromatic nitrogens is 1. The molecular weight excluding hydrogens is 523 g/mol. The molecule has 0 atom stereocenters. The Morgan fingerprint density at radius 1 is 1.10 bits per heavy atom. The number of anilines is 1. The summed E-state index contributed by atoms with van der Waals surface area (Å²) in [6.45, 7) is 4.44. The molecule has 0 aliphatic rings. The minimum absolute atomic E-state index is 0.0167. The first-order valence-corrected chi connectivity index (χ1v) is 12.6. The van der Waals surface area contributed by atoms with Gasteiger partial charge in [-0.05, 0) is 65.7 Å². The van der Waals surface area contributed by atoms with E-state index in [2.05, 4.69) is 16.9 Å². The van der Waals surface area contributed by atoms with Crippen molar-refractivity contribution in [3.63, 3.8) is 0 Å². The van der Waals surface area contributed by atoms with Crippen LogP contribution in [0.25, 0.3) is 27.9 Å². The normalized spacial score (nSPS) is 10.9. The van der Waals surface area contributed by atoms with Gasteiger partial charge in [0.2, 0.25) is 17.1 Å². The van der Waals surface area contributed by atoms with Crippen molar-refractivity contribution >= 4 is 33.6 Å². The number of benzene rings is 3. The van der Waals surface area contributed by atoms with Crippen LogP contribution in [0.1, 0.15) is 10.4 Å². The molecule has 0 spiro atoms. The first-order chi connectivity index (χ1) is 18.8. The number of hydrogen-bond donors (Lipinski definition) is 3. The summed E-state index contributed by atoms with van der Waals surface area (Å²) in [6.07, 6.45) is 0. The van der Waals surface area contributed by atoms with Crippen LogP contribution < -0.4 is 25.1 Å². The second-order valence-corrected chi connectivity index (χ2v) is 9.46. The number of rotatable bonds is 9. The van der Waals surface area contributed by atoms with Gasteiger partial charge in [0, 0.05) is 17.8 Å². The Labute approximate surface area is 225 Å². The van der Waals surface area contributed by atoms with Crippen molar-refractivity contribution in [2.45, 2.75) is 0 Å². The molecule has 0 saturated carbocycles. The molecule has 198 valence electrons. The van der Waals surface area contributed by atoms with Crippen LogP contribution in [0.2, 0.25) is 0 Å². The van der Waals surface area contributed by atoms with Crippen molar-refractivity contribution in [1.29, 1.82) is 0 Å². The first kappa shape index (κ1) is 25.8. The van der Waals surface area contributed by atoms with Crippen LogP contribution in [0.3, 0.4) is 0 Å². The highest BCUT2D eigenvalue weighted by molar-refractivity contribution is 7.10. The van der Waals surface area contributed by atoms with E-state index in [1.807, 2.05) is 24.3 Å². The number of methoxy groups -OCH3 is 1. The van der Waals surface area contributed by atoms with Gasteiger partial charge in [0.15, 0.2) is 5.76 Å². The lowest BCUT2D eigenvalue weighted by molar-refractivity contribution is 0.323. The van der Waals surface area contributed by atoms with Crippen LogP contribution in [-0.2, 0) is 0 Å². The number of fused-ring (bicyclic) bond motifs is 1. The van der Waals surface area contributed by atoms with E-state index >= 15 is 0 Å². The lowest BCUT2D eigenvalue weighted by Gasteiger charge is -2.13. The van der Waals surface area contributed by atoms with E-state index in [1.54, 1.807) is 31.4 Å². The standard InChI is InChI=1S/C29H23FN2O6S/c1-16(27-28(34)32-29(35)39-27)17-3-8-20(9-4-17)31-13-14-37-26-24(33)22-15-19(30)7-12-23(22)38-25(26)18-5-10-21(36-2)11-6-18/h3-12,15,31,34H,1,13-14H2,2H3,(H,32,35). The highest BCUT2D eigenvalue weighted by atomic mass is 32.1. The van der Waals surface area contributed by atoms with Crippen molar-refractivity contribution in [1.82, 2.24) is 4.98 Å². The van der Waals surface area contributed by atoms with Crippen LogP contribution in [0.5, 0.6) is 17.4 Å². The highest BCUT2D eigenvalue weighted by Gasteiger charge is 2.18. The Morgan fingerprint density at radius 3 is 2.51 bits per heavy atom. The molecule has 3 N–H and O–H groups in total. The smallest absolute Gasteiger partial charge is 0.307 e. The zero-order chi connectivity index (χ0) is 27.5. The number of thiazole rings is 1. The average Bonchev–Trinajstić information content (AvgIpc) is 3.29. The summed E-state index contributed by atoms with van der Waals surface area (Å²) in [4.78, 5) is 27.1. The second-order valence-electron chi connectivity index (χ2n) is 8.48. The minimum atomic E-state index is -0.549. The number of nitrogens with one attached hydrogen (secondary N) is 2. The summed E-state index contributed by atoms with van der Waals surface area (Å²) in [5.41, 5.74) is 2.43. The van der Waals surface area contributed by atoms with Crippen molar-refractivity contribution in [2.75, 3.05) is 25.6 Å². The Morgan fingerprint density at radius 2 is 1.85 bits per heavy atom. The molecule has 3 aromatic carbocycles. The fourth-order valence-corrected chi connectivity index (χ4v) is 4.73. The molecule has 0 bridgehead atoms. The lowest BCUT2D eigenvalue weighted by atomic mass is 10.1. The van der Waals surface area contributed by atoms with Crippen LogP contribution in [0, 0.1) is 5.82 Å². The molecule has 0 amide bonds. The molecular formula is C29H23FN2O6S. The number of aromatic amines is 1. The van der Waals surface area contributed by atoms with Crippen molar-refractivity contribution in [3.05, 3.63) is 109 Å². The number of ether oxygens (including phenoxy) is 2. The molecule has 10 heteroatoms. The summed E-state index contributed by atoms with van der Waals surface area (Å²) >= 11 is 0.887. The summed E-state index contributed by atoms with van der Waals surface area (Å²) in [7, 11) is 1.56. The highest BCUT2D eigenvalue weighted by Crippen LogP contribution is 2.33. The Bertz CT molecular complexity index is 1770. The average molecular weight is 547 g/mol. The fraction of sp³-hybridized carbons (Fsp3) is 0.103. The van der Waals surface area contributed by atoms with Crippen molar-refractivity contribution in [2.24, 2.45) is 0 Å². The van der Waals surface area contributed by atoms with Gasteiger partial charge in [0.05, 0.1) is 17.4 Å². The molecule has 2 aromatic heterocycles. The quantitative estimate of drug-likeness (QED) is 0.206. The van der Waals surface area contributed by atoms with E-state index in [0.29, 0.717) is 28.3 Å². The van der Waals surface area contributed by atoms with E-state index in [9.17, 15) is 19.1 Å². The van der Waals surface area contributed by atoms with Crippen LogP contribution in [0.4, 0.5) is 10.1 Å². The zero-order valence-corrected chi connectivity index (χ0v) is 21.6. The van der Waals surface area contributed by atoms with Crippen LogP contribution >= 0.6 is 11.3 Å². The van der Waals surface area contributed by atoms with Crippen molar-refractivity contribution < 1.29 is 23.4 Å².